The highest BCUT2D eigenvalue weighted by Gasteiger charge is 2.31. The van der Waals surface area contributed by atoms with Crippen LogP contribution in [0, 0.1) is 23.0 Å². The first-order valence-corrected chi connectivity index (χ1v) is 7.75. The van der Waals surface area contributed by atoms with Gasteiger partial charge in [-0.1, -0.05) is 6.92 Å². The summed E-state index contributed by atoms with van der Waals surface area (Å²) in [6, 6.07) is 0. The molecule has 7 nitrogen and oxygen atoms in total. The molecule has 1 N–H and O–H groups in total. The third kappa shape index (κ3) is 3.34. The molecule has 1 aromatic rings. The largest absolute Gasteiger partial charge is 0.351 e. The molecule has 1 aliphatic rings. The van der Waals surface area contributed by atoms with E-state index in [1.165, 1.54) is 0 Å². The minimum absolute atomic E-state index is 0.169. The van der Waals surface area contributed by atoms with Gasteiger partial charge in [-0.2, -0.15) is 5.10 Å². The first-order valence-electron chi connectivity index (χ1n) is 7.75. The fourth-order valence-corrected chi connectivity index (χ4v) is 3.00. The second kappa shape index (κ2) is 6.89. The van der Waals surface area contributed by atoms with Gasteiger partial charge in [0.1, 0.15) is 5.69 Å². The second-order valence-electron chi connectivity index (χ2n) is 5.57. The van der Waals surface area contributed by atoms with Crippen LogP contribution in [0.15, 0.2) is 0 Å². The summed E-state index contributed by atoms with van der Waals surface area (Å²) in [4.78, 5) is 13.2. The molecule has 1 aromatic heterocycles. The van der Waals surface area contributed by atoms with E-state index in [1.807, 2.05) is 6.92 Å². The van der Waals surface area contributed by atoms with Crippen LogP contribution in [-0.2, 0) is 6.54 Å². The van der Waals surface area contributed by atoms with Gasteiger partial charge in [-0.25, -0.2) is 4.68 Å². The number of hydrogen-bond donors (Lipinski definition) is 1. The molecule has 0 spiro atoms. The molecule has 0 unspecified atom stereocenters. The predicted octanol–water partition coefficient (Wildman–Crippen LogP) is 1.95. The third-order valence-corrected chi connectivity index (χ3v) is 4.15. The van der Waals surface area contributed by atoms with Crippen molar-refractivity contribution in [3.8, 4) is 0 Å². The van der Waals surface area contributed by atoms with Crippen molar-refractivity contribution < 1.29 is 4.92 Å². The molecule has 0 atom stereocenters. The molecule has 118 valence electrons. The standard InChI is InChI=1S/C14H25N5O2/c1-4-15-10-12-6-8-17(9-7-12)14-13(19(20)21)11(3)16-18(14)5-2/h12,15H,4-10H2,1-3H3. The van der Waals surface area contributed by atoms with Gasteiger partial charge in [0.2, 0.25) is 5.82 Å². The minimum Gasteiger partial charge on any atom is -0.351 e. The molecule has 0 bridgehead atoms. The zero-order valence-electron chi connectivity index (χ0n) is 13.1. The quantitative estimate of drug-likeness (QED) is 0.641. The topological polar surface area (TPSA) is 76.2 Å². The van der Waals surface area contributed by atoms with Crippen LogP contribution in [0.4, 0.5) is 11.5 Å². The number of hydrogen-bond acceptors (Lipinski definition) is 5. The molecular weight excluding hydrogens is 270 g/mol. The summed E-state index contributed by atoms with van der Waals surface area (Å²) in [6.07, 6.45) is 2.14. The van der Waals surface area contributed by atoms with E-state index in [1.54, 1.807) is 11.6 Å². The van der Waals surface area contributed by atoms with Crippen LogP contribution < -0.4 is 10.2 Å². The Morgan fingerprint density at radius 1 is 1.38 bits per heavy atom. The Kier molecular flexibility index (Phi) is 5.17. The van der Waals surface area contributed by atoms with Crippen LogP contribution in [0.25, 0.3) is 0 Å². The summed E-state index contributed by atoms with van der Waals surface area (Å²) < 4.78 is 1.76. The highest BCUT2D eigenvalue weighted by molar-refractivity contribution is 5.61. The van der Waals surface area contributed by atoms with Gasteiger partial charge >= 0.3 is 5.69 Å². The normalized spacial score (nSPS) is 16.4. The molecule has 21 heavy (non-hydrogen) atoms. The summed E-state index contributed by atoms with van der Waals surface area (Å²) in [5.74, 6) is 1.35. The van der Waals surface area contributed by atoms with Gasteiger partial charge in [0.25, 0.3) is 0 Å². The van der Waals surface area contributed by atoms with Gasteiger partial charge in [-0.15, -0.1) is 0 Å². The van der Waals surface area contributed by atoms with Gasteiger partial charge in [-0.3, -0.25) is 10.1 Å². The number of rotatable bonds is 6. The van der Waals surface area contributed by atoms with Crippen LogP contribution in [0.2, 0.25) is 0 Å². The lowest BCUT2D eigenvalue weighted by Crippen LogP contribution is -2.38. The number of aromatic nitrogens is 2. The number of nitrogens with one attached hydrogen (secondary N) is 1. The molecule has 0 aromatic carbocycles. The van der Waals surface area contributed by atoms with Crippen LogP contribution in [-0.4, -0.2) is 40.9 Å². The minimum atomic E-state index is -0.297. The molecule has 2 heterocycles. The van der Waals surface area contributed by atoms with E-state index in [9.17, 15) is 10.1 Å². The van der Waals surface area contributed by atoms with Crippen molar-refractivity contribution in [3.63, 3.8) is 0 Å². The van der Waals surface area contributed by atoms with Crippen molar-refractivity contribution in [3.05, 3.63) is 15.8 Å². The Morgan fingerprint density at radius 3 is 2.57 bits per heavy atom. The highest BCUT2D eigenvalue weighted by Crippen LogP contribution is 2.34. The fourth-order valence-electron chi connectivity index (χ4n) is 3.00. The molecule has 0 amide bonds. The van der Waals surface area contributed by atoms with Crippen LogP contribution in [0.5, 0.6) is 0 Å². The van der Waals surface area contributed by atoms with Gasteiger partial charge in [-0.05, 0) is 45.7 Å². The van der Waals surface area contributed by atoms with E-state index in [4.69, 9.17) is 0 Å². The van der Waals surface area contributed by atoms with Crippen LogP contribution in [0.1, 0.15) is 32.4 Å². The number of aryl methyl sites for hydroxylation is 2. The van der Waals surface area contributed by atoms with E-state index in [0.717, 1.165) is 39.0 Å². The van der Waals surface area contributed by atoms with Crippen molar-refractivity contribution in [2.45, 2.75) is 40.2 Å². The zero-order valence-corrected chi connectivity index (χ0v) is 13.1. The van der Waals surface area contributed by atoms with Crippen molar-refractivity contribution in [1.82, 2.24) is 15.1 Å². The second-order valence-corrected chi connectivity index (χ2v) is 5.57. The van der Waals surface area contributed by atoms with E-state index < -0.39 is 0 Å². The third-order valence-electron chi connectivity index (χ3n) is 4.15. The molecule has 1 saturated heterocycles. The smallest absolute Gasteiger partial charge is 0.333 e. The Balaban J connectivity index is 2.14. The molecule has 7 heteroatoms. The Morgan fingerprint density at radius 2 is 2.05 bits per heavy atom. The molecule has 0 saturated carbocycles. The summed E-state index contributed by atoms with van der Waals surface area (Å²) >= 11 is 0. The highest BCUT2D eigenvalue weighted by atomic mass is 16.6. The van der Waals surface area contributed by atoms with Gasteiger partial charge in [0.05, 0.1) is 4.92 Å². The lowest BCUT2D eigenvalue weighted by atomic mass is 9.96. The molecule has 0 aliphatic carbocycles. The molecule has 0 radical (unpaired) electrons. The molecule has 1 aliphatic heterocycles. The summed E-state index contributed by atoms with van der Waals surface area (Å²) in [6.45, 7) is 10.2. The monoisotopic (exact) mass is 295 g/mol. The maximum Gasteiger partial charge on any atom is 0.333 e. The van der Waals surface area contributed by atoms with E-state index in [2.05, 4.69) is 22.2 Å². The van der Waals surface area contributed by atoms with Crippen molar-refractivity contribution in [2.24, 2.45) is 5.92 Å². The zero-order chi connectivity index (χ0) is 15.4. The first-order chi connectivity index (χ1) is 10.1. The van der Waals surface area contributed by atoms with Crippen molar-refractivity contribution >= 4 is 11.5 Å². The van der Waals surface area contributed by atoms with E-state index in [0.29, 0.717) is 24.0 Å². The number of anilines is 1. The summed E-state index contributed by atoms with van der Waals surface area (Å²) in [7, 11) is 0. The average molecular weight is 295 g/mol. The maximum atomic E-state index is 11.3. The Labute approximate surface area is 125 Å². The van der Waals surface area contributed by atoms with Crippen LogP contribution in [0.3, 0.4) is 0 Å². The van der Waals surface area contributed by atoms with E-state index in [-0.39, 0.29) is 10.6 Å². The lowest BCUT2D eigenvalue weighted by molar-refractivity contribution is -0.384. The SMILES string of the molecule is CCNCC1CCN(c2c([N+](=O)[O-])c(C)nn2CC)CC1. The molecule has 2 rings (SSSR count). The van der Waals surface area contributed by atoms with E-state index >= 15 is 0 Å². The van der Waals surface area contributed by atoms with Gasteiger partial charge in [0, 0.05) is 19.6 Å². The van der Waals surface area contributed by atoms with Crippen LogP contribution >= 0.6 is 0 Å². The summed E-state index contributed by atoms with van der Waals surface area (Å²) in [5.41, 5.74) is 0.675. The average Bonchev–Trinajstić information content (AvgIpc) is 2.82. The maximum absolute atomic E-state index is 11.3. The van der Waals surface area contributed by atoms with Crippen molar-refractivity contribution in [2.75, 3.05) is 31.1 Å². The number of nitro groups is 1. The summed E-state index contributed by atoms with van der Waals surface area (Å²) in [5, 5.41) is 19.0. The lowest BCUT2D eigenvalue weighted by Gasteiger charge is -2.33. The molecular formula is C14H25N5O2. The molecule has 1 fully saturated rings. The number of nitrogens with zero attached hydrogens (tertiary/aromatic N) is 4. The first kappa shape index (κ1) is 15.8. The number of piperidine rings is 1. The van der Waals surface area contributed by atoms with Crippen molar-refractivity contribution in [1.29, 1.82) is 0 Å². The fraction of sp³-hybridized carbons (Fsp3) is 0.786. The Bertz CT molecular complexity index is 492. The predicted molar refractivity (Wildman–Crippen MR) is 82.8 cm³/mol. The Hall–Kier alpha value is -1.63. The van der Waals surface area contributed by atoms with Gasteiger partial charge < -0.3 is 10.2 Å². The van der Waals surface area contributed by atoms with Gasteiger partial charge in [0.15, 0.2) is 0 Å².